The van der Waals surface area contributed by atoms with E-state index in [1.54, 1.807) is 29.2 Å². The van der Waals surface area contributed by atoms with Crippen molar-refractivity contribution in [1.29, 1.82) is 0 Å². The Morgan fingerprint density at radius 1 is 1.52 bits per heavy atom. The first-order chi connectivity index (χ1) is 10.1. The van der Waals surface area contributed by atoms with Crippen LogP contribution < -0.4 is 0 Å². The summed E-state index contributed by atoms with van der Waals surface area (Å²) in [4.78, 5) is 24.9. The molecule has 6 nitrogen and oxygen atoms in total. The van der Waals surface area contributed by atoms with Gasteiger partial charge in [0.15, 0.2) is 10.8 Å². The number of hydrogen-bond donors (Lipinski definition) is 1. The zero-order chi connectivity index (χ0) is 14.8. The van der Waals surface area contributed by atoms with Crippen molar-refractivity contribution < 1.29 is 9.90 Å². The van der Waals surface area contributed by atoms with Crippen LogP contribution in [0.15, 0.2) is 29.1 Å². The first-order valence-corrected chi connectivity index (χ1v) is 8.05. The fraction of sp³-hybridized carbons (Fsp3) is 0.231. The Morgan fingerprint density at radius 3 is 3.10 bits per heavy atom. The molecule has 0 aliphatic rings. The van der Waals surface area contributed by atoms with Crippen LogP contribution in [0, 0.1) is 6.92 Å². The van der Waals surface area contributed by atoms with Crippen molar-refractivity contribution in [1.82, 2.24) is 19.5 Å². The van der Waals surface area contributed by atoms with Gasteiger partial charge in [-0.05, 0) is 18.6 Å². The van der Waals surface area contributed by atoms with Crippen molar-refractivity contribution in [2.45, 2.75) is 18.6 Å². The minimum Gasteiger partial charge on any atom is -0.481 e. The molecule has 108 valence electrons. The topological polar surface area (TPSA) is 80.9 Å². The van der Waals surface area contributed by atoms with E-state index < -0.39 is 5.97 Å². The number of pyridine rings is 1. The molecule has 3 aromatic rings. The maximum atomic E-state index is 10.8. The first-order valence-electron chi connectivity index (χ1n) is 6.19. The lowest BCUT2D eigenvalue weighted by Gasteiger charge is -2.05. The molecule has 0 bridgehead atoms. The second-order valence-electron chi connectivity index (χ2n) is 4.43. The lowest BCUT2D eigenvalue weighted by atomic mass is 10.3. The van der Waals surface area contributed by atoms with E-state index in [-0.39, 0.29) is 5.75 Å². The van der Waals surface area contributed by atoms with Gasteiger partial charge in [0.05, 0.1) is 17.8 Å². The summed E-state index contributed by atoms with van der Waals surface area (Å²) >= 11 is 2.76. The van der Waals surface area contributed by atoms with Crippen LogP contribution in [-0.4, -0.2) is 36.3 Å². The molecule has 1 N–H and O–H groups in total. The standard InChI is InChI=1S/C13H12N4O2S2/c1-8-2-3-15-12-11(8)16-13(20-6-10(18)19)17(12)5-9-4-14-7-21-9/h2-4,7H,5-6H2,1H3,(H,18,19). The zero-order valence-electron chi connectivity index (χ0n) is 11.2. The number of carboxylic acid groups (broad SMARTS) is 1. The van der Waals surface area contributed by atoms with Gasteiger partial charge in [0, 0.05) is 17.3 Å². The Bertz CT molecular complexity index is 783. The van der Waals surface area contributed by atoms with Crippen molar-refractivity contribution in [3.8, 4) is 0 Å². The van der Waals surface area contributed by atoms with E-state index in [9.17, 15) is 4.79 Å². The second-order valence-corrected chi connectivity index (χ2v) is 6.34. The van der Waals surface area contributed by atoms with Crippen LogP contribution in [-0.2, 0) is 11.3 Å². The summed E-state index contributed by atoms with van der Waals surface area (Å²) in [5.41, 5.74) is 4.39. The number of carbonyl (C=O) groups is 1. The maximum absolute atomic E-state index is 10.8. The normalized spacial score (nSPS) is 11.1. The highest BCUT2D eigenvalue weighted by atomic mass is 32.2. The largest absolute Gasteiger partial charge is 0.481 e. The molecule has 0 fully saturated rings. The average molecular weight is 320 g/mol. The molecule has 0 saturated carbocycles. The number of thiazole rings is 1. The summed E-state index contributed by atoms with van der Waals surface area (Å²) in [7, 11) is 0. The third-order valence-corrected chi connectivity index (χ3v) is 4.65. The van der Waals surface area contributed by atoms with E-state index in [0.717, 1.165) is 21.6 Å². The Hall–Kier alpha value is -1.93. The third kappa shape index (κ3) is 2.91. The number of nitrogens with zero attached hydrogens (tertiary/aromatic N) is 4. The molecule has 0 radical (unpaired) electrons. The SMILES string of the molecule is Cc1ccnc2c1nc(SCC(=O)O)n2Cc1cncs1. The summed E-state index contributed by atoms with van der Waals surface area (Å²) < 4.78 is 1.95. The molecule has 0 atom stereocenters. The van der Waals surface area contributed by atoms with E-state index in [0.29, 0.717) is 11.7 Å². The fourth-order valence-corrected chi connectivity index (χ4v) is 3.27. The molecule has 0 spiro atoms. The van der Waals surface area contributed by atoms with Gasteiger partial charge in [-0.3, -0.25) is 14.3 Å². The van der Waals surface area contributed by atoms with Crippen molar-refractivity contribution in [2.75, 3.05) is 5.75 Å². The highest BCUT2D eigenvalue weighted by Gasteiger charge is 2.15. The molecule has 3 heterocycles. The van der Waals surface area contributed by atoms with E-state index in [4.69, 9.17) is 5.11 Å². The number of aliphatic carboxylic acids is 1. The summed E-state index contributed by atoms with van der Waals surface area (Å²) in [6.45, 7) is 2.57. The summed E-state index contributed by atoms with van der Waals surface area (Å²) in [5.74, 6) is -0.883. The van der Waals surface area contributed by atoms with E-state index in [1.165, 1.54) is 11.8 Å². The van der Waals surface area contributed by atoms with Gasteiger partial charge in [0.25, 0.3) is 0 Å². The molecule has 0 amide bonds. The van der Waals surface area contributed by atoms with Crippen molar-refractivity contribution in [3.05, 3.63) is 34.4 Å². The lowest BCUT2D eigenvalue weighted by molar-refractivity contribution is -0.133. The predicted molar refractivity (Wildman–Crippen MR) is 81.8 cm³/mol. The van der Waals surface area contributed by atoms with Crippen LogP contribution in [0.5, 0.6) is 0 Å². The number of aromatic nitrogens is 4. The van der Waals surface area contributed by atoms with E-state index >= 15 is 0 Å². The van der Waals surface area contributed by atoms with Crippen LogP contribution in [0.3, 0.4) is 0 Å². The average Bonchev–Trinajstić information content (AvgIpc) is 3.07. The quantitative estimate of drug-likeness (QED) is 0.727. The molecule has 0 unspecified atom stereocenters. The molecule has 21 heavy (non-hydrogen) atoms. The van der Waals surface area contributed by atoms with Crippen molar-refractivity contribution in [3.63, 3.8) is 0 Å². The monoisotopic (exact) mass is 320 g/mol. The summed E-state index contributed by atoms with van der Waals surface area (Å²) in [5, 5.41) is 9.54. The molecular formula is C13H12N4O2S2. The number of fused-ring (bicyclic) bond motifs is 1. The van der Waals surface area contributed by atoms with Crippen LogP contribution in [0.4, 0.5) is 0 Å². The van der Waals surface area contributed by atoms with Gasteiger partial charge in [0.2, 0.25) is 0 Å². The number of aryl methyl sites for hydroxylation is 1. The van der Waals surface area contributed by atoms with Gasteiger partial charge in [-0.2, -0.15) is 0 Å². The Morgan fingerprint density at radius 2 is 2.38 bits per heavy atom. The Balaban J connectivity index is 2.06. The zero-order valence-corrected chi connectivity index (χ0v) is 12.8. The lowest BCUT2D eigenvalue weighted by Crippen LogP contribution is -2.04. The summed E-state index contributed by atoms with van der Waals surface area (Å²) in [6, 6.07) is 1.90. The maximum Gasteiger partial charge on any atom is 0.313 e. The van der Waals surface area contributed by atoms with Gasteiger partial charge in [0.1, 0.15) is 5.52 Å². The Labute approximate surface area is 128 Å². The molecule has 8 heteroatoms. The van der Waals surface area contributed by atoms with E-state index in [1.807, 2.05) is 17.6 Å². The molecular weight excluding hydrogens is 308 g/mol. The number of imidazole rings is 1. The number of thioether (sulfide) groups is 1. The molecule has 0 saturated heterocycles. The van der Waals surface area contributed by atoms with Crippen LogP contribution in [0.2, 0.25) is 0 Å². The summed E-state index contributed by atoms with van der Waals surface area (Å²) in [6.07, 6.45) is 3.55. The fourth-order valence-electron chi connectivity index (χ4n) is 1.97. The highest BCUT2D eigenvalue weighted by Crippen LogP contribution is 2.26. The van der Waals surface area contributed by atoms with Crippen LogP contribution >= 0.6 is 23.1 Å². The second kappa shape index (κ2) is 5.82. The smallest absolute Gasteiger partial charge is 0.313 e. The van der Waals surface area contributed by atoms with Crippen molar-refractivity contribution >= 4 is 40.2 Å². The minimum absolute atomic E-state index is 0.0228. The van der Waals surface area contributed by atoms with Crippen molar-refractivity contribution in [2.24, 2.45) is 0 Å². The minimum atomic E-state index is -0.860. The van der Waals surface area contributed by atoms with Crippen LogP contribution in [0.1, 0.15) is 10.4 Å². The molecule has 0 aliphatic heterocycles. The first kappa shape index (κ1) is 14.0. The van der Waals surface area contributed by atoms with Gasteiger partial charge >= 0.3 is 5.97 Å². The van der Waals surface area contributed by atoms with Crippen LogP contribution in [0.25, 0.3) is 11.2 Å². The Kier molecular flexibility index (Phi) is 3.89. The van der Waals surface area contributed by atoms with Gasteiger partial charge in [-0.1, -0.05) is 11.8 Å². The number of carboxylic acids is 1. The molecule has 3 rings (SSSR count). The number of hydrogen-bond acceptors (Lipinski definition) is 6. The molecule has 0 aliphatic carbocycles. The van der Waals surface area contributed by atoms with Gasteiger partial charge in [-0.25, -0.2) is 9.97 Å². The molecule has 3 aromatic heterocycles. The van der Waals surface area contributed by atoms with E-state index in [2.05, 4.69) is 15.0 Å². The third-order valence-electron chi connectivity index (χ3n) is 2.92. The van der Waals surface area contributed by atoms with Gasteiger partial charge in [-0.15, -0.1) is 11.3 Å². The highest BCUT2D eigenvalue weighted by molar-refractivity contribution is 7.99. The number of rotatable bonds is 5. The predicted octanol–water partition coefficient (Wildman–Crippen LogP) is 2.42. The van der Waals surface area contributed by atoms with Gasteiger partial charge < -0.3 is 5.11 Å². The molecule has 0 aromatic carbocycles.